The number of ether oxygens (including phenoxy) is 1. The summed E-state index contributed by atoms with van der Waals surface area (Å²) in [5.41, 5.74) is 2.91. The van der Waals surface area contributed by atoms with Crippen LogP contribution in [0.5, 0.6) is 0 Å². The summed E-state index contributed by atoms with van der Waals surface area (Å²) in [5.74, 6) is 0. The van der Waals surface area contributed by atoms with Crippen molar-refractivity contribution in [2.24, 2.45) is 7.05 Å². The van der Waals surface area contributed by atoms with Crippen LogP contribution < -0.4 is 4.72 Å². The number of hydrogen-bond acceptors (Lipinski definition) is 4. The molecule has 1 aliphatic heterocycles. The molecule has 1 fully saturated rings. The number of aryl methyl sites for hydroxylation is 3. The van der Waals surface area contributed by atoms with Gasteiger partial charge in [0.15, 0.2) is 0 Å². The minimum absolute atomic E-state index is 0.0283. The molecule has 2 aromatic rings. The van der Waals surface area contributed by atoms with Gasteiger partial charge in [0.2, 0.25) is 10.0 Å². The summed E-state index contributed by atoms with van der Waals surface area (Å²) in [6.07, 6.45) is 1.99. The van der Waals surface area contributed by atoms with Crippen LogP contribution in [0.3, 0.4) is 0 Å². The number of hydrogen-bond donors (Lipinski definition) is 1. The Kier molecular flexibility index (Phi) is 5.82. The van der Waals surface area contributed by atoms with Crippen LogP contribution in [0.25, 0.3) is 0 Å². The predicted molar refractivity (Wildman–Crippen MR) is 102 cm³/mol. The van der Waals surface area contributed by atoms with Crippen LogP contribution in [0.2, 0.25) is 0 Å². The van der Waals surface area contributed by atoms with Gasteiger partial charge in [0.1, 0.15) is 0 Å². The van der Waals surface area contributed by atoms with E-state index in [9.17, 15) is 8.42 Å². The minimum atomic E-state index is -3.56. The standard InChI is InChI=1S/C19H27N3O3S/c1-15-6-7-19(16(2)13-15)26(23,24)20-14-18(17-5-4-8-21(17)3)22-9-11-25-12-10-22/h4-8,13,18,20H,9-12,14H2,1-3H3. The zero-order chi connectivity index (χ0) is 18.7. The molecule has 1 aliphatic rings. The Morgan fingerprint density at radius 1 is 1.19 bits per heavy atom. The zero-order valence-electron chi connectivity index (χ0n) is 15.6. The van der Waals surface area contributed by atoms with Gasteiger partial charge in [-0.1, -0.05) is 17.7 Å². The Hall–Kier alpha value is -1.67. The number of benzene rings is 1. The average molecular weight is 378 g/mol. The van der Waals surface area contributed by atoms with E-state index in [0.717, 1.165) is 29.9 Å². The van der Waals surface area contributed by atoms with Crippen LogP contribution in [0.1, 0.15) is 22.9 Å². The second kappa shape index (κ2) is 7.92. The second-order valence-electron chi connectivity index (χ2n) is 6.83. The topological polar surface area (TPSA) is 63.6 Å². The van der Waals surface area contributed by atoms with Crippen molar-refractivity contribution in [3.63, 3.8) is 0 Å². The predicted octanol–water partition coefficient (Wildman–Crippen LogP) is 1.99. The minimum Gasteiger partial charge on any atom is -0.379 e. The van der Waals surface area contributed by atoms with Gasteiger partial charge in [-0.15, -0.1) is 0 Å². The van der Waals surface area contributed by atoms with E-state index >= 15 is 0 Å². The lowest BCUT2D eigenvalue weighted by atomic mass is 10.1. The van der Waals surface area contributed by atoms with E-state index in [1.807, 2.05) is 55.9 Å². The van der Waals surface area contributed by atoms with E-state index in [4.69, 9.17) is 4.74 Å². The Balaban J connectivity index is 1.81. The normalized spacial score (nSPS) is 17.3. The molecule has 0 amide bonds. The molecule has 0 spiro atoms. The molecule has 2 heterocycles. The largest absolute Gasteiger partial charge is 0.379 e. The summed E-state index contributed by atoms with van der Waals surface area (Å²) in [6, 6.07) is 9.41. The number of rotatable bonds is 6. The molecule has 1 N–H and O–H groups in total. The monoisotopic (exact) mass is 377 g/mol. The Morgan fingerprint density at radius 3 is 2.54 bits per heavy atom. The molecular formula is C19H27N3O3S. The van der Waals surface area contributed by atoms with Crippen molar-refractivity contribution in [2.75, 3.05) is 32.8 Å². The van der Waals surface area contributed by atoms with Gasteiger partial charge < -0.3 is 9.30 Å². The number of aromatic nitrogens is 1. The molecule has 0 radical (unpaired) electrons. The third-order valence-electron chi connectivity index (χ3n) is 4.90. The maximum absolute atomic E-state index is 12.8. The summed E-state index contributed by atoms with van der Waals surface area (Å²) in [5, 5.41) is 0. The molecule has 0 bridgehead atoms. The van der Waals surface area contributed by atoms with Crippen molar-refractivity contribution in [1.82, 2.24) is 14.2 Å². The lowest BCUT2D eigenvalue weighted by Gasteiger charge is -2.35. The Labute approximate surface area is 155 Å². The first-order valence-electron chi connectivity index (χ1n) is 8.88. The van der Waals surface area contributed by atoms with E-state index in [1.54, 1.807) is 6.07 Å². The van der Waals surface area contributed by atoms with Gasteiger partial charge in [-0.2, -0.15) is 0 Å². The highest BCUT2D eigenvalue weighted by atomic mass is 32.2. The summed E-state index contributed by atoms with van der Waals surface area (Å²) >= 11 is 0. The average Bonchev–Trinajstić information content (AvgIpc) is 3.01. The van der Waals surface area contributed by atoms with Crippen molar-refractivity contribution in [2.45, 2.75) is 24.8 Å². The highest BCUT2D eigenvalue weighted by Gasteiger charge is 2.27. The van der Waals surface area contributed by atoms with Gasteiger partial charge in [0, 0.05) is 38.6 Å². The molecule has 26 heavy (non-hydrogen) atoms. The maximum atomic E-state index is 12.8. The zero-order valence-corrected chi connectivity index (χ0v) is 16.4. The number of nitrogens with one attached hydrogen (secondary N) is 1. The van der Waals surface area contributed by atoms with Gasteiger partial charge in [-0.25, -0.2) is 13.1 Å². The van der Waals surface area contributed by atoms with Crippen molar-refractivity contribution < 1.29 is 13.2 Å². The third kappa shape index (κ3) is 4.17. The van der Waals surface area contributed by atoms with Crippen molar-refractivity contribution in [1.29, 1.82) is 0 Å². The molecule has 6 nitrogen and oxygen atoms in total. The Bertz CT molecular complexity index is 855. The fourth-order valence-corrected chi connectivity index (χ4v) is 4.76. The molecule has 0 saturated carbocycles. The van der Waals surface area contributed by atoms with Crippen molar-refractivity contribution in [3.05, 3.63) is 53.3 Å². The van der Waals surface area contributed by atoms with Crippen LogP contribution in [0.4, 0.5) is 0 Å². The fraction of sp³-hybridized carbons (Fsp3) is 0.474. The van der Waals surface area contributed by atoms with Gasteiger partial charge in [-0.3, -0.25) is 4.90 Å². The first-order valence-corrected chi connectivity index (χ1v) is 10.4. The lowest BCUT2D eigenvalue weighted by Crippen LogP contribution is -2.44. The van der Waals surface area contributed by atoms with Crippen LogP contribution in [-0.2, 0) is 21.8 Å². The molecule has 1 atom stereocenters. The van der Waals surface area contributed by atoms with Crippen LogP contribution in [0, 0.1) is 13.8 Å². The summed E-state index contributed by atoms with van der Waals surface area (Å²) < 4.78 is 36.0. The first-order chi connectivity index (χ1) is 12.4. The smallest absolute Gasteiger partial charge is 0.240 e. The van der Waals surface area contributed by atoms with Gasteiger partial charge in [-0.05, 0) is 37.6 Å². The first kappa shape index (κ1) is 19.1. The van der Waals surface area contributed by atoms with E-state index in [-0.39, 0.29) is 6.04 Å². The SMILES string of the molecule is Cc1ccc(S(=O)(=O)NCC(c2cccn2C)N2CCOCC2)c(C)c1. The molecule has 1 aromatic carbocycles. The molecular weight excluding hydrogens is 350 g/mol. The maximum Gasteiger partial charge on any atom is 0.240 e. The van der Waals surface area contributed by atoms with E-state index < -0.39 is 10.0 Å². The van der Waals surface area contributed by atoms with Crippen molar-refractivity contribution in [3.8, 4) is 0 Å². The number of sulfonamides is 1. The summed E-state index contributed by atoms with van der Waals surface area (Å²) in [7, 11) is -1.58. The highest BCUT2D eigenvalue weighted by molar-refractivity contribution is 7.89. The van der Waals surface area contributed by atoms with E-state index in [1.165, 1.54) is 0 Å². The lowest BCUT2D eigenvalue weighted by molar-refractivity contribution is 0.0158. The van der Waals surface area contributed by atoms with Crippen molar-refractivity contribution >= 4 is 10.0 Å². The van der Waals surface area contributed by atoms with Gasteiger partial charge in [0.25, 0.3) is 0 Å². The molecule has 7 heteroatoms. The molecule has 1 unspecified atom stereocenters. The molecule has 3 rings (SSSR count). The molecule has 0 aliphatic carbocycles. The number of nitrogens with zero attached hydrogens (tertiary/aromatic N) is 2. The fourth-order valence-electron chi connectivity index (χ4n) is 3.50. The third-order valence-corrected chi connectivity index (χ3v) is 6.48. The van der Waals surface area contributed by atoms with Gasteiger partial charge >= 0.3 is 0 Å². The van der Waals surface area contributed by atoms with E-state index in [0.29, 0.717) is 24.7 Å². The van der Waals surface area contributed by atoms with Gasteiger partial charge in [0.05, 0.1) is 24.2 Å². The quantitative estimate of drug-likeness (QED) is 0.836. The second-order valence-corrected chi connectivity index (χ2v) is 8.56. The van der Waals surface area contributed by atoms with Crippen LogP contribution >= 0.6 is 0 Å². The summed E-state index contributed by atoms with van der Waals surface area (Å²) in [4.78, 5) is 2.62. The molecule has 1 saturated heterocycles. The highest BCUT2D eigenvalue weighted by Crippen LogP contribution is 2.23. The molecule has 1 aromatic heterocycles. The molecule has 142 valence electrons. The number of morpholine rings is 1. The van der Waals surface area contributed by atoms with Crippen LogP contribution in [0.15, 0.2) is 41.4 Å². The Morgan fingerprint density at radius 2 is 1.92 bits per heavy atom. The van der Waals surface area contributed by atoms with Crippen LogP contribution in [-0.4, -0.2) is 50.7 Å². The summed E-state index contributed by atoms with van der Waals surface area (Å²) in [6.45, 7) is 7.05. The van der Waals surface area contributed by atoms with E-state index in [2.05, 4.69) is 9.62 Å².